The van der Waals surface area contributed by atoms with E-state index < -0.39 is 23.7 Å². The number of amides is 2. The Bertz CT molecular complexity index is 257. The monoisotopic (exact) mass is 156 g/mol. The molecule has 1 atom stereocenters. The second-order valence-corrected chi connectivity index (χ2v) is 1.88. The molecule has 0 radical (unpaired) electrons. The van der Waals surface area contributed by atoms with E-state index in [0.717, 1.165) is 6.34 Å². The molecule has 1 heterocycles. The highest BCUT2D eigenvalue weighted by Gasteiger charge is 2.35. The van der Waals surface area contributed by atoms with E-state index in [4.69, 9.17) is 5.11 Å². The van der Waals surface area contributed by atoms with E-state index in [1.165, 1.54) is 0 Å². The Kier molecular flexibility index (Phi) is 1.67. The van der Waals surface area contributed by atoms with Gasteiger partial charge in [-0.25, -0.2) is 4.99 Å². The van der Waals surface area contributed by atoms with Crippen LogP contribution in [-0.4, -0.2) is 29.2 Å². The number of aliphatic carboxylic acids is 1. The van der Waals surface area contributed by atoms with Crippen LogP contribution in [0.25, 0.3) is 0 Å². The lowest BCUT2D eigenvalue weighted by Crippen LogP contribution is -2.42. The minimum Gasteiger partial charge on any atom is -0.480 e. The van der Waals surface area contributed by atoms with Gasteiger partial charge in [0.1, 0.15) is 0 Å². The molecule has 0 spiro atoms. The Balaban J connectivity index is 2.92. The maximum Gasteiger partial charge on any atom is 0.325 e. The smallest absolute Gasteiger partial charge is 0.325 e. The molecule has 0 saturated heterocycles. The quantitative estimate of drug-likeness (QED) is 0.445. The van der Waals surface area contributed by atoms with Gasteiger partial charge in [0.05, 0.1) is 6.34 Å². The number of carbonyl (C=O) groups excluding carboxylic acids is 2. The third kappa shape index (κ3) is 1.23. The summed E-state index contributed by atoms with van der Waals surface area (Å²) in [6, 6.07) is 0. The Hall–Kier alpha value is -1.72. The Morgan fingerprint density at radius 2 is 2.27 bits per heavy atom. The third-order valence-electron chi connectivity index (χ3n) is 1.15. The molecule has 1 aliphatic rings. The van der Waals surface area contributed by atoms with E-state index in [1.54, 1.807) is 0 Å². The summed E-state index contributed by atoms with van der Waals surface area (Å²) in [5.41, 5.74) is 0. The van der Waals surface area contributed by atoms with Crippen LogP contribution in [0.5, 0.6) is 0 Å². The van der Waals surface area contributed by atoms with Gasteiger partial charge in [0, 0.05) is 0 Å². The van der Waals surface area contributed by atoms with Crippen LogP contribution in [0.3, 0.4) is 0 Å². The number of hydrogen-bond acceptors (Lipinski definition) is 3. The number of rotatable bonds is 1. The van der Waals surface area contributed by atoms with Crippen LogP contribution in [0.4, 0.5) is 0 Å². The summed E-state index contributed by atoms with van der Waals surface area (Å²) in [4.78, 5) is 34.6. The Morgan fingerprint density at radius 1 is 1.64 bits per heavy atom. The van der Waals surface area contributed by atoms with Crippen molar-refractivity contribution in [1.82, 2.24) is 5.32 Å². The fourth-order valence-corrected chi connectivity index (χ4v) is 0.647. The maximum atomic E-state index is 10.6. The van der Waals surface area contributed by atoms with Crippen molar-refractivity contribution in [3.8, 4) is 0 Å². The van der Waals surface area contributed by atoms with Crippen LogP contribution >= 0.6 is 0 Å². The molecule has 1 unspecified atom stereocenters. The minimum absolute atomic E-state index is 0.850. The molecule has 0 fully saturated rings. The van der Waals surface area contributed by atoms with Gasteiger partial charge in [-0.2, -0.15) is 0 Å². The molecule has 58 valence electrons. The van der Waals surface area contributed by atoms with Crippen molar-refractivity contribution in [3.05, 3.63) is 0 Å². The van der Waals surface area contributed by atoms with Gasteiger partial charge in [0.2, 0.25) is 11.8 Å². The van der Waals surface area contributed by atoms with Gasteiger partial charge in [-0.3, -0.25) is 14.4 Å². The zero-order valence-corrected chi connectivity index (χ0v) is 5.27. The topological polar surface area (TPSA) is 95.8 Å². The second-order valence-electron chi connectivity index (χ2n) is 1.88. The van der Waals surface area contributed by atoms with E-state index in [-0.39, 0.29) is 0 Å². The number of hydrogen-bond donors (Lipinski definition) is 2. The van der Waals surface area contributed by atoms with Gasteiger partial charge >= 0.3 is 5.97 Å². The van der Waals surface area contributed by atoms with Gasteiger partial charge in [-0.1, -0.05) is 0 Å². The normalized spacial score (nSPS) is 23.1. The van der Waals surface area contributed by atoms with Crippen LogP contribution in [0.1, 0.15) is 0 Å². The summed E-state index contributed by atoms with van der Waals surface area (Å²) in [7, 11) is 0. The predicted octanol–water partition coefficient (Wildman–Crippen LogP) is -1.63. The predicted molar refractivity (Wildman–Crippen MR) is 32.8 cm³/mol. The first kappa shape index (κ1) is 7.39. The molecule has 0 aliphatic carbocycles. The summed E-state index contributed by atoms with van der Waals surface area (Å²) in [6.07, 6.45) is 0.879. The molecule has 6 nitrogen and oxygen atoms in total. The average Bonchev–Trinajstić information content (AvgIpc) is 1.85. The van der Waals surface area contributed by atoms with Gasteiger partial charge < -0.3 is 10.4 Å². The van der Waals surface area contributed by atoms with Crippen LogP contribution in [0.15, 0.2) is 4.99 Å². The number of carbonyl (C=O) groups is 3. The number of aliphatic imine (C=N–C) groups is 1. The number of carboxylic acid groups (broad SMARTS) is 1. The molecular weight excluding hydrogens is 152 g/mol. The van der Waals surface area contributed by atoms with Crippen molar-refractivity contribution in [2.24, 2.45) is 10.9 Å². The molecule has 1 aliphatic heterocycles. The van der Waals surface area contributed by atoms with Crippen LogP contribution < -0.4 is 5.32 Å². The van der Waals surface area contributed by atoms with Crippen LogP contribution in [-0.2, 0) is 14.4 Å². The molecule has 1 rings (SSSR count). The largest absolute Gasteiger partial charge is 0.480 e. The zero-order chi connectivity index (χ0) is 8.43. The SMILES string of the molecule is O=C(O)C1C(=O)N=CNC1=O. The first-order chi connectivity index (χ1) is 5.13. The first-order valence-electron chi connectivity index (χ1n) is 2.72. The standard InChI is InChI=1S/C5H4N2O4/c8-3-2(5(10)11)4(9)7-1-6-3/h1-2H,(H,10,11)(H,6,7,8,9). The van der Waals surface area contributed by atoms with Gasteiger partial charge in [0.15, 0.2) is 0 Å². The lowest BCUT2D eigenvalue weighted by atomic mass is 10.1. The second kappa shape index (κ2) is 2.49. The lowest BCUT2D eigenvalue weighted by molar-refractivity contribution is -0.150. The highest BCUT2D eigenvalue weighted by molar-refractivity contribution is 6.21. The molecule has 0 aromatic carbocycles. The van der Waals surface area contributed by atoms with Crippen LogP contribution in [0.2, 0.25) is 0 Å². The zero-order valence-electron chi connectivity index (χ0n) is 5.27. The fraction of sp³-hybridized carbons (Fsp3) is 0.200. The molecule has 6 heteroatoms. The van der Waals surface area contributed by atoms with Crippen molar-refractivity contribution in [2.45, 2.75) is 0 Å². The van der Waals surface area contributed by atoms with Crippen molar-refractivity contribution in [1.29, 1.82) is 0 Å². The summed E-state index contributed by atoms with van der Waals surface area (Å²) in [6.45, 7) is 0. The van der Waals surface area contributed by atoms with E-state index in [2.05, 4.69) is 4.99 Å². The maximum absolute atomic E-state index is 10.6. The molecule has 2 N–H and O–H groups in total. The fourth-order valence-electron chi connectivity index (χ4n) is 0.647. The van der Waals surface area contributed by atoms with Crippen molar-refractivity contribution >= 4 is 24.1 Å². The van der Waals surface area contributed by atoms with Crippen molar-refractivity contribution < 1.29 is 19.5 Å². The van der Waals surface area contributed by atoms with Crippen molar-refractivity contribution in [3.63, 3.8) is 0 Å². The van der Waals surface area contributed by atoms with E-state index in [9.17, 15) is 14.4 Å². The first-order valence-corrected chi connectivity index (χ1v) is 2.72. The third-order valence-corrected chi connectivity index (χ3v) is 1.15. The van der Waals surface area contributed by atoms with E-state index in [1.807, 2.05) is 5.32 Å². The van der Waals surface area contributed by atoms with Crippen molar-refractivity contribution in [2.75, 3.05) is 0 Å². The number of carboxylic acids is 1. The summed E-state index contributed by atoms with van der Waals surface area (Å²) >= 11 is 0. The molecule has 0 bridgehead atoms. The molecule has 2 amide bonds. The van der Waals surface area contributed by atoms with Gasteiger partial charge in [0.25, 0.3) is 5.91 Å². The summed E-state index contributed by atoms with van der Waals surface area (Å²) in [5.74, 6) is -4.96. The highest BCUT2D eigenvalue weighted by atomic mass is 16.4. The van der Waals surface area contributed by atoms with Gasteiger partial charge in [-0.15, -0.1) is 0 Å². The van der Waals surface area contributed by atoms with Crippen LogP contribution in [0, 0.1) is 5.92 Å². The minimum atomic E-state index is -1.68. The van der Waals surface area contributed by atoms with E-state index >= 15 is 0 Å². The van der Waals surface area contributed by atoms with Gasteiger partial charge in [-0.05, 0) is 0 Å². The molecule has 11 heavy (non-hydrogen) atoms. The number of nitrogens with zero attached hydrogens (tertiary/aromatic N) is 1. The molecule has 0 saturated carbocycles. The Morgan fingerprint density at radius 3 is 2.64 bits per heavy atom. The summed E-state index contributed by atoms with van der Waals surface area (Å²) < 4.78 is 0. The highest BCUT2D eigenvalue weighted by Crippen LogP contribution is 2.02. The molecular formula is C5H4N2O4. The molecule has 0 aromatic rings. The molecule has 0 aromatic heterocycles. The average molecular weight is 156 g/mol. The lowest BCUT2D eigenvalue weighted by Gasteiger charge is -2.09. The summed E-state index contributed by atoms with van der Waals surface area (Å²) in [5, 5.41) is 10.3. The number of nitrogens with one attached hydrogen (secondary N) is 1. The van der Waals surface area contributed by atoms with E-state index in [0.29, 0.717) is 0 Å². The Labute approximate surface area is 60.9 Å².